The predicted molar refractivity (Wildman–Crippen MR) is 114 cm³/mol. The summed E-state index contributed by atoms with van der Waals surface area (Å²) < 4.78 is 8.49. The Hall–Kier alpha value is -4.21. The highest BCUT2D eigenvalue weighted by Crippen LogP contribution is 2.17. The Kier molecular flexibility index (Phi) is 5.88. The molecule has 31 heavy (non-hydrogen) atoms. The Morgan fingerprint density at radius 3 is 2.71 bits per heavy atom. The average molecular weight is 420 g/mol. The fourth-order valence-corrected chi connectivity index (χ4v) is 3.11. The molecule has 2 aromatic heterocycles. The molecule has 0 aliphatic rings. The van der Waals surface area contributed by atoms with E-state index in [0.29, 0.717) is 35.4 Å². The van der Waals surface area contributed by atoms with E-state index < -0.39 is 0 Å². The second kappa shape index (κ2) is 9.08. The minimum absolute atomic E-state index is 0.0194. The Morgan fingerprint density at radius 1 is 1.06 bits per heavy atom. The molecule has 0 spiro atoms. The number of aryl methyl sites for hydroxylation is 1. The molecule has 10 nitrogen and oxygen atoms in total. The molecule has 0 aliphatic heterocycles. The van der Waals surface area contributed by atoms with E-state index in [1.807, 2.05) is 0 Å². The van der Waals surface area contributed by atoms with E-state index in [-0.39, 0.29) is 30.0 Å². The molecular weight excluding hydrogens is 400 g/mol. The summed E-state index contributed by atoms with van der Waals surface area (Å²) in [4.78, 5) is 40.9. The predicted octanol–water partition coefficient (Wildman–Crippen LogP) is 1.39. The largest absolute Gasteiger partial charge is 0.492 e. The Morgan fingerprint density at radius 2 is 1.90 bits per heavy atom. The van der Waals surface area contributed by atoms with Crippen LogP contribution in [0.1, 0.15) is 6.42 Å². The molecule has 4 rings (SSSR count). The maximum atomic E-state index is 12.5. The van der Waals surface area contributed by atoms with Gasteiger partial charge in [-0.2, -0.15) is 5.10 Å². The van der Waals surface area contributed by atoms with Crippen LogP contribution in [0.4, 0.5) is 5.69 Å². The van der Waals surface area contributed by atoms with Gasteiger partial charge in [-0.1, -0.05) is 18.2 Å². The highest BCUT2D eigenvalue weighted by Gasteiger charge is 2.09. The van der Waals surface area contributed by atoms with Gasteiger partial charge < -0.3 is 10.1 Å². The number of benzene rings is 2. The van der Waals surface area contributed by atoms with Crippen molar-refractivity contribution in [3.05, 3.63) is 81.9 Å². The number of nitrogens with zero attached hydrogens (tertiary/aromatic N) is 4. The lowest BCUT2D eigenvalue weighted by molar-refractivity contribution is -0.116. The normalized spacial score (nSPS) is 10.8. The summed E-state index contributed by atoms with van der Waals surface area (Å²) in [5, 5.41) is 9.94. The topological polar surface area (TPSA) is 124 Å². The fraction of sp³-hybridized carbons (Fsp3) is 0.190. The summed E-state index contributed by atoms with van der Waals surface area (Å²) in [5.41, 5.74) is -0.139. The zero-order valence-electron chi connectivity index (χ0n) is 16.5. The number of rotatable bonds is 8. The van der Waals surface area contributed by atoms with Gasteiger partial charge in [-0.05, 0) is 24.3 Å². The van der Waals surface area contributed by atoms with Gasteiger partial charge in [0.1, 0.15) is 25.0 Å². The second-order valence-electron chi connectivity index (χ2n) is 6.78. The molecule has 158 valence electrons. The molecule has 2 aromatic carbocycles. The minimum Gasteiger partial charge on any atom is -0.492 e. The molecule has 2 heterocycles. The van der Waals surface area contributed by atoms with Crippen molar-refractivity contribution in [3.8, 4) is 5.75 Å². The van der Waals surface area contributed by atoms with Crippen molar-refractivity contribution < 1.29 is 9.53 Å². The van der Waals surface area contributed by atoms with Crippen molar-refractivity contribution in [1.29, 1.82) is 0 Å². The lowest BCUT2D eigenvalue weighted by Crippen LogP contribution is -2.31. The first-order chi connectivity index (χ1) is 15.1. The fourth-order valence-electron chi connectivity index (χ4n) is 3.11. The number of anilines is 1. The highest BCUT2D eigenvalue weighted by molar-refractivity contribution is 5.90. The molecular formula is C21H20N6O4. The number of amides is 1. The number of aromatic amines is 1. The molecule has 0 aliphatic carbocycles. The van der Waals surface area contributed by atoms with Crippen LogP contribution < -0.4 is 21.2 Å². The Labute approximate surface area is 176 Å². The van der Waals surface area contributed by atoms with E-state index >= 15 is 0 Å². The van der Waals surface area contributed by atoms with Crippen LogP contribution in [0, 0.1) is 0 Å². The quantitative estimate of drug-likeness (QED) is 0.444. The number of hydrogen-bond acceptors (Lipinski definition) is 6. The average Bonchev–Trinajstić information content (AvgIpc) is 3.29. The number of ether oxygens (including phenoxy) is 1. The molecule has 0 bridgehead atoms. The number of fused-ring (bicyclic) bond motifs is 1. The van der Waals surface area contributed by atoms with Crippen LogP contribution in [0.3, 0.4) is 0 Å². The maximum Gasteiger partial charge on any atom is 0.273 e. The van der Waals surface area contributed by atoms with E-state index in [0.717, 1.165) is 4.68 Å². The van der Waals surface area contributed by atoms with Gasteiger partial charge in [0.05, 0.1) is 23.9 Å². The standard InChI is InChI=1S/C21H20N6O4/c28-19(8-9-27-21(30)18-7-2-1-6-17(18)20(29)25-27)24-15-4-3-5-16(12-15)31-11-10-26-14-22-13-23-26/h1-7,12-14H,8-11H2,(H,24,28)(H,25,29). The summed E-state index contributed by atoms with van der Waals surface area (Å²) in [6.45, 7) is 1.01. The molecule has 2 N–H and O–H groups in total. The van der Waals surface area contributed by atoms with Crippen molar-refractivity contribution in [2.45, 2.75) is 19.5 Å². The summed E-state index contributed by atoms with van der Waals surface area (Å²) in [6.07, 6.45) is 3.08. The van der Waals surface area contributed by atoms with Crippen molar-refractivity contribution in [2.24, 2.45) is 0 Å². The maximum absolute atomic E-state index is 12.5. The number of aromatic nitrogens is 5. The molecule has 4 aromatic rings. The van der Waals surface area contributed by atoms with Gasteiger partial charge in [-0.15, -0.1) is 0 Å². The number of H-pyrrole nitrogens is 1. The van der Waals surface area contributed by atoms with E-state index in [1.165, 1.54) is 6.33 Å². The lowest BCUT2D eigenvalue weighted by atomic mass is 10.2. The molecule has 0 radical (unpaired) electrons. The van der Waals surface area contributed by atoms with Crippen LogP contribution in [0.2, 0.25) is 0 Å². The smallest absolute Gasteiger partial charge is 0.273 e. The molecule has 0 fully saturated rings. The van der Waals surface area contributed by atoms with E-state index in [1.54, 1.807) is 59.5 Å². The number of hydrogen-bond donors (Lipinski definition) is 2. The van der Waals surface area contributed by atoms with Gasteiger partial charge in [0.25, 0.3) is 11.1 Å². The minimum atomic E-state index is -0.369. The van der Waals surface area contributed by atoms with Crippen LogP contribution in [0.25, 0.3) is 10.8 Å². The van der Waals surface area contributed by atoms with Gasteiger partial charge in [-0.3, -0.25) is 19.5 Å². The van der Waals surface area contributed by atoms with Gasteiger partial charge in [0, 0.05) is 18.2 Å². The number of carbonyl (C=O) groups excluding carboxylic acids is 1. The van der Waals surface area contributed by atoms with Crippen molar-refractivity contribution in [2.75, 3.05) is 11.9 Å². The van der Waals surface area contributed by atoms with E-state index in [9.17, 15) is 14.4 Å². The third-order valence-electron chi connectivity index (χ3n) is 4.62. The molecule has 0 unspecified atom stereocenters. The molecule has 0 saturated heterocycles. The SMILES string of the molecule is O=C(CCn1[nH]c(=O)c2ccccc2c1=O)Nc1cccc(OCCn2cncn2)c1. The molecule has 0 saturated carbocycles. The lowest BCUT2D eigenvalue weighted by Gasteiger charge is -2.10. The van der Waals surface area contributed by atoms with Crippen LogP contribution in [-0.4, -0.2) is 37.1 Å². The zero-order chi connectivity index (χ0) is 21.6. The number of carbonyl (C=O) groups is 1. The monoisotopic (exact) mass is 420 g/mol. The summed E-state index contributed by atoms with van der Waals surface area (Å²) >= 11 is 0. The second-order valence-corrected chi connectivity index (χ2v) is 6.78. The van der Waals surface area contributed by atoms with Crippen LogP contribution in [0.5, 0.6) is 5.75 Å². The summed E-state index contributed by atoms with van der Waals surface area (Å²) in [6, 6.07) is 13.6. The third kappa shape index (κ3) is 4.86. The first-order valence-electron chi connectivity index (χ1n) is 9.67. The van der Waals surface area contributed by atoms with Gasteiger partial charge in [-0.25, -0.2) is 14.3 Å². The molecule has 10 heteroatoms. The molecule has 1 amide bonds. The Bertz CT molecular complexity index is 1310. The van der Waals surface area contributed by atoms with Crippen molar-refractivity contribution in [1.82, 2.24) is 24.5 Å². The number of nitrogens with one attached hydrogen (secondary N) is 2. The van der Waals surface area contributed by atoms with Crippen LogP contribution >= 0.6 is 0 Å². The van der Waals surface area contributed by atoms with Crippen LogP contribution in [-0.2, 0) is 17.9 Å². The van der Waals surface area contributed by atoms with Crippen molar-refractivity contribution >= 4 is 22.4 Å². The first kappa shape index (κ1) is 20.1. The van der Waals surface area contributed by atoms with Crippen molar-refractivity contribution in [3.63, 3.8) is 0 Å². The van der Waals surface area contributed by atoms with Gasteiger partial charge >= 0.3 is 0 Å². The van der Waals surface area contributed by atoms with Gasteiger partial charge in [0.15, 0.2) is 0 Å². The zero-order valence-corrected chi connectivity index (χ0v) is 16.5. The molecule has 0 atom stereocenters. The highest BCUT2D eigenvalue weighted by atomic mass is 16.5. The van der Waals surface area contributed by atoms with Crippen LogP contribution in [0.15, 0.2) is 70.8 Å². The van der Waals surface area contributed by atoms with E-state index in [2.05, 4.69) is 20.5 Å². The Balaban J connectivity index is 1.35. The van der Waals surface area contributed by atoms with Gasteiger partial charge in [0.2, 0.25) is 5.91 Å². The third-order valence-corrected chi connectivity index (χ3v) is 4.62. The summed E-state index contributed by atoms with van der Waals surface area (Å²) in [5.74, 6) is 0.314. The first-order valence-corrected chi connectivity index (χ1v) is 9.67. The summed E-state index contributed by atoms with van der Waals surface area (Å²) in [7, 11) is 0. The van der Waals surface area contributed by atoms with E-state index in [4.69, 9.17) is 4.74 Å².